The Morgan fingerprint density at radius 3 is 2.45 bits per heavy atom. The van der Waals surface area contributed by atoms with Gasteiger partial charge in [0.05, 0.1) is 10.5 Å². The van der Waals surface area contributed by atoms with Gasteiger partial charge in [-0.25, -0.2) is 18.4 Å². The SMILES string of the molecule is O=[N+]([O-])c1c(CBr)cc(Cc2c(F)cccc2F)cc1-c1ccc(-n2cccn2)nc1. The van der Waals surface area contributed by atoms with Crippen LogP contribution in [0.4, 0.5) is 14.5 Å². The van der Waals surface area contributed by atoms with Gasteiger partial charge in [0, 0.05) is 47.0 Å². The van der Waals surface area contributed by atoms with Gasteiger partial charge in [-0.15, -0.1) is 0 Å². The van der Waals surface area contributed by atoms with Crippen LogP contribution < -0.4 is 0 Å². The molecule has 6 nitrogen and oxygen atoms in total. The van der Waals surface area contributed by atoms with Gasteiger partial charge < -0.3 is 0 Å². The van der Waals surface area contributed by atoms with Crippen LogP contribution in [0.3, 0.4) is 0 Å². The van der Waals surface area contributed by atoms with Crippen molar-refractivity contribution in [1.29, 1.82) is 0 Å². The van der Waals surface area contributed by atoms with Crippen molar-refractivity contribution in [3.8, 4) is 16.9 Å². The lowest BCUT2D eigenvalue weighted by atomic mass is 9.95. The van der Waals surface area contributed by atoms with Gasteiger partial charge in [0.2, 0.25) is 0 Å². The summed E-state index contributed by atoms with van der Waals surface area (Å²) in [6.45, 7) is 0. The molecule has 2 heterocycles. The average Bonchev–Trinajstić information content (AvgIpc) is 3.30. The van der Waals surface area contributed by atoms with Crippen LogP contribution in [0.25, 0.3) is 16.9 Å². The number of nitrogens with zero attached hydrogens (tertiary/aromatic N) is 4. The zero-order valence-electron chi connectivity index (χ0n) is 16.0. The first-order valence-electron chi connectivity index (χ1n) is 9.23. The molecular weight excluding hydrogens is 470 g/mol. The lowest BCUT2D eigenvalue weighted by Gasteiger charge is -2.12. The number of hydrogen-bond acceptors (Lipinski definition) is 4. The fraction of sp³-hybridized carbons (Fsp3) is 0.0909. The van der Waals surface area contributed by atoms with E-state index >= 15 is 0 Å². The van der Waals surface area contributed by atoms with Crippen molar-refractivity contribution in [3.05, 3.63) is 106 Å². The molecule has 0 radical (unpaired) electrons. The quantitative estimate of drug-likeness (QED) is 0.202. The van der Waals surface area contributed by atoms with Crippen LogP contribution in [0.1, 0.15) is 16.7 Å². The number of aromatic nitrogens is 3. The number of alkyl halides is 1. The molecule has 4 aromatic rings. The molecule has 2 aromatic carbocycles. The number of nitro benzene ring substituents is 1. The Kier molecular flexibility index (Phi) is 5.85. The maximum atomic E-state index is 14.2. The van der Waals surface area contributed by atoms with Gasteiger partial charge >= 0.3 is 0 Å². The highest BCUT2D eigenvalue weighted by molar-refractivity contribution is 9.08. The summed E-state index contributed by atoms with van der Waals surface area (Å²) in [4.78, 5) is 15.7. The van der Waals surface area contributed by atoms with Crippen molar-refractivity contribution in [2.45, 2.75) is 11.8 Å². The van der Waals surface area contributed by atoms with Crippen molar-refractivity contribution in [3.63, 3.8) is 0 Å². The lowest BCUT2D eigenvalue weighted by Crippen LogP contribution is -2.03. The third kappa shape index (κ3) is 4.22. The standard InChI is InChI=1S/C22H15BrF2N4O2/c23-12-16-9-14(11-18-19(24)3-1-4-20(18)25)10-17(22(16)29(30)31)15-5-6-21(26-13-15)28-8-2-7-27-28/h1-10,13H,11-12H2. The molecule has 0 amide bonds. The summed E-state index contributed by atoms with van der Waals surface area (Å²) in [5.74, 6) is -0.766. The Hall–Kier alpha value is -3.46. The first-order valence-corrected chi connectivity index (χ1v) is 10.4. The molecule has 0 bridgehead atoms. The molecule has 0 aliphatic heterocycles. The third-order valence-electron chi connectivity index (χ3n) is 4.82. The van der Waals surface area contributed by atoms with Crippen LogP contribution in [0.15, 0.2) is 67.1 Å². The molecular formula is C22H15BrF2N4O2. The monoisotopic (exact) mass is 484 g/mol. The average molecular weight is 485 g/mol. The molecule has 0 N–H and O–H groups in total. The first kappa shape index (κ1) is 20.8. The van der Waals surface area contributed by atoms with Gasteiger partial charge in [-0.2, -0.15) is 5.10 Å². The molecule has 0 saturated heterocycles. The molecule has 31 heavy (non-hydrogen) atoms. The van der Waals surface area contributed by atoms with E-state index in [2.05, 4.69) is 26.0 Å². The van der Waals surface area contributed by atoms with E-state index in [-0.39, 0.29) is 23.0 Å². The largest absolute Gasteiger partial charge is 0.281 e. The van der Waals surface area contributed by atoms with E-state index in [4.69, 9.17) is 0 Å². The maximum Gasteiger partial charge on any atom is 0.281 e. The Bertz CT molecular complexity index is 1230. The topological polar surface area (TPSA) is 73.8 Å². The first-order chi connectivity index (χ1) is 15.0. The predicted molar refractivity (Wildman–Crippen MR) is 115 cm³/mol. The molecule has 9 heteroatoms. The fourth-order valence-electron chi connectivity index (χ4n) is 3.39. The van der Waals surface area contributed by atoms with E-state index in [0.717, 1.165) is 0 Å². The molecule has 0 aliphatic carbocycles. The molecule has 0 aliphatic rings. The van der Waals surface area contributed by atoms with Gasteiger partial charge in [0.15, 0.2) is 5.82 Å². The lowest BCUT2D eigenvalue weighted by molar-refractivity contribution is -0.384. The summed E-state index contributed by atoms with van der Waals surface area (Å²) in [5, 5.41) is 16.2. The zero-order valence-corrected chi connectivity index (χ0v) is 17.6. The summed E-state index contributed by atoms with van der Waals surface area (Å²) in [6, 6.07) is 12.0. The molecule has 0 spiro atoms. The summed E-state index contributed by atoms with van der Waals surface area (Å²) in [7, 11) is 0. The van der Waals surface area contributed by atoms with Gasteiger partial charge in [-0.3, -0.25) is 10.1 Å². The number of nitro groups is 1. The highest BCUT2D eigenvalue weighted by Gasteiger charge is 2.23. The fourth-order valence-corrected chi connectivity index (χ4v) is 3.82. The van der Waals surface area contributed by atoms with Crippen LogP contribution >= 0.6 is 15.9 Å². The van der Waals surface area contributed by atoms with Crippen molar-refractivity contribution in [2.75, 3.05) is 0 Å². The number of hydrogen-bond donors (Lipinski definition) is 0. The van der Waals surface area contributed by atoms with Crippen LogP contribution in [0.5, 0.6) is 0 Å². The summed E-state index contributed by atoms with van der Waals surface area (Å²) < 4.78 is 29.9. The Morgan fingerprint density at radius 2 is 1.87 bits per heavy atom. The van der Waals surface area contributed by atoms with E-state index in [1.807, 2.05) is 0 Å². The van der Waals surface area contributed by atoms with E-state index in [0.29, 0.717) is 28.1 Å². The minimum atomic E-state index is -0.662. The highest BCUT2D eigenvalue weighted by Crippen LogP contribution is 2.36. The van der Waals surface area contributed by atoms with E-state index in [1.54, 1.807) is 47.4 Å². The molecule has 0 atom stereocenters. The summed E-state index contributed by atoms with van der Waals surface area (Å²) in [6.07, 6.45) is 4.83. The smallest absolute Gasteiger partial charge is 0.258 e. The number of rotatable bonds is 6. The number of halogens is 3. The Balaban J connectivity index is 1.82. The number of pyridine rings is 1. The third-order valence-corrected chi connectivity index (χ3v) is 5.42. The second-order valence-electron chi connectivity index (χ2n) is 6.77. The summed E-state index contributed by atoms with van der Waals surface area (Å²) >= 11 is 3.29. The zero-order chi connectivity index (χ0) is 22.0. The van der Waals surface area contributed by atoms with E-state index in [1.165, 1.54) is 24.4 Å². The molecule has 4 rings (SSSR count). The molecule has 0 saturated carbocycles. The van der Waals surface area contributed by atoms with Crippen LogP contribution in [-0.4, -0.2) is 19.7 Å². The minimum absolute atomic E-state index is 0.0394. The normalized spacial score (nSPS) is 10.9. The molecule has 0 fully saturated rings. The van der Waals surface area contributed by atoms with Gasteiger partial charge in [-0.1, -0.05) is 22.0 Å². The van der Waals surface area contributed by atoms with Crippen molar-refractivity contribution < 1.29 is 13.7 Å². The van der Waals surface area contributed by atoms with Crippen LogP contribution in [0.2, 0.25) is 0 Å². The minimum Gasteiger partial charge on any atom is -0.258 e. The summed E-state index contributed by atoms with van der Waals surface area (Å²) in [5.41, 5.74) is 1.63. The van der Waals surface area contributed by atoms with Gasteiger partial charge in [0.1, 0.15) is 11.6 Å². The Morgan fingerprint density at radius 1 is 1.10 bits per heavy atom. The van der Waals surface area contributed by atoms with Crippen LogP contribution in [-0.2, 0) is 11.8 Å². The number of benzene rings is 2. The maximum absolute atomic E-state index is 14.2. The highest BCUT2D eigenvalue weighted by atomic mass is 79.9. The second-order valence-corrected chi connectivity index (χ2v) is 7.34. The van der Waals surface area contributed by atoms with Crippen molar-refractivity contribution in [1.82, 2.24) is 14.8 Å². The Labute approximate surface area is 184 Å². The molecule has 0 unspecified atom stereocenters. The van der Waals surface area contributed by atoms with E-state index in [9.17, 15) is 18.9 Å². The molecule has 2 aromatic heterocycles. The van der Waals surface area contributed by atoms with Gasteiger partial charge in [0.25, 0.3) is 5.69 Å². The van der Waals surface area contributed by atoms with Crippen molar-refractivity contribution in [2.24, 2.45) is 0 Å². The molecule has 156 valence electrons. The van der Waals surface area contributed by atoms with Gasteiger partial charge in [-0.05, 0) is 48.0 Å². The predicted octanol–water partition coefficient (Wildman–Crippen LogP) is 5.61. The van der Waals surface area contributed by atoms with Crippen molar-refractivity contribution >= 4 is 21.6 Å². The second kappa shape index (κ2) is 8.73. The van der Waals surface area contributed by atoms with E-state index < -0.39 is 16.6 Å². The van der Waals surface area contributed by atoms with Crippen LogP contribution in [0, 0.1) is 21.7 Å².